The fourth-order valence-electron chi connectivity index (χ4n) is 2.54. The summed E-state index contributed by atoms with van der Waals surface area (Å²) < 4.78 is 43.7. The predicted molar refractivity (Wildman–Crippen MR) is 97.7 cm³/mol. The zero-order valence-corrected chi connectivity index (χ0v) is 15.0. The molecule has 0 fully saturated rings. The number of rotatable bonds is 6. The molecule has 1 amide bonds. The van der Waals surface area contributed by atoms with Crippen LogP contribution in [0.1, 0.15) is 10.4 Å². The van der Waals surface area contributed by atoms with Gasteiger partial charge >= 0.3 is 0 Å². The lowest BCUT2D eigenvalue weighted by molar-refractivity contribution is 0.0997. The van der Waals surface area contributed by atoms with Gasteiger partial charge in [0.15, 0.2) is 23.1 Å². The summed E-state index contributed by atoms with van der Waals surface area (Å²) in [4.78, 5) is 15.9. The van der Waals surface area contributed by atoms with Crippen molar-refractivity contribution < 1.29 is 27.8 Å². The van der Waals surface area contributed by atoms with Crippen molar-refractivity contribution in [3.8, 4) is 34.4 Å². The molecule has 0 radical (unpaired) electrons. The fourth-order valence-corrected chi connectivity index (χ4v) is 2.54. The summed E-state index contributed by atoms with van der Waals surface area (Å²) in [6.45, 7) is 0. The van der Waals surface area contributed by atoms with Crippen molar-refractivity contribution in [2.45, 2.75) is 0 Å². The van der Waals surface area contributed by atoms with E-state index < -0.39 is 17.5 Å². The second-order valence-corrected chi connectivity index (χ2v) is 5.63. The SMILES string of the molecule is COc1cc(Oc2nc(-c3cccc(OC)c3F)ccc2C(N)=O)ccc1F. The molecule has 1 heterocycles. The van der Waals surface area contributed by atoms with Crippen molar-refractivity contribution in [3.63, 3.8) is 0 Å². The largest absolute Gasteiger partial charge is 0.494 e. The molecule has 0 saturated carbocycles. The highest BCUT2D eigenvalue weighted by Gasteiger charge is 2.18. The molecule has 144 valence electrons. The molecule has 0 aliphatic carbocycles. The third kappa shape index (κ3) is 3.71. The molecule has 2 N–H and O–H groups in total. The highest BCUT2D eigenvalue weighted by Crippen LogP contribution is 2.32. The van der Waals surface area contributed by atoms with Gasteiger partial charge in [-0.1, -0.05) is 6.07 Å². The third-order valence-electron chi connectivity index (χ3n) is 3.92. The molecule has 0 unspecified atom stereocenters. The van der Waals surface area contributed by atoms with Crippen molar-refractivity contribution in [2.24, 2.45) is 5.73 Å². The number of benzene rings is 2. The number of halogens is 2. The van der Waals surface area contributed by atoms with Crippen LogP contribution in [0.2, 0.25) is 0 Å². The predicted octanol–water partition coefficient (Wildman–Crippen LogP) is 3.94. The van der Waals surface area contributed by atoms with Gasteiger partial charge in [0.1, 0.15) is 11.3 Å². The van der Waals surface area contributed by atoms with Crippen LogP contribution in [0.15, 0.2) is 48.5 Å². The number of amides is 1. The van der Waals surface area contributed by atoms with Gasteiger partial charge in [-0.05, 0) is 36.4 Å². The molecule has 8 heteroatoms. The first-order valence-electron chi connectivity index (χ1n) is 8.09. The Hall–Kier alpha value is -3.68. The van der Waals surface area contributed by atoms with E-state index in [-0.39, 0.29) is 39.9 Å². The Kier molecular flexibility index (Phi) is 5.39. The molecule has 0 aliphatic heterocycles. The van der Waals surface area contributed by atoms with Gasteiger partial charge in [0, 0.05) is 11.6 Å². The molecule has 0 atom stereocenters. The van der Waals surface area contributed by atoms with Gasteiger partial charge in [0.25, 0.3) is 5.91 Å². The van der Waals surface area contributed by atoms with Gasteiger partial charge < -0.3 is 19.9 Å². The lowest BCUT2D eigenvalue weighted by Crippen LogP contribution is -2.13. The molecule has 2 aromatic carbocycles. The Balaban J connectivity index is 2.07. The standard InChI is InChI=1S/C20H16F2N2O4/c1-26-16-5-3-4-12(18(16)22)15-9-7-13(19(23)25)20(24-15)28-11-6-8-14(21)17(10-11)27-2/h3-10H,1-2H3,(H2,23,25). The van der Waals surface area contributed by atoms with Crippen LogP contribution in [-0.2, 0) is 0 Å². The molecule has 1 aromatic heterocycles. The molecule has 6 nitrogen and oxygen atoms in total. The number of nitrogens with two attached hydrogens (primary N) is 1. The monoisotopic (exact) mass is 386 g/mol. The number of ether oxygens (including phenoxy) is 3. The van der Waals surface area contributed by atoms with Crippen LogP contribution in [0.4, 0.5) is 8.78 Å². The molecule has 0 aliphatic rings. The lowest BCUT2D eigenvalue weighted by atomic mass is 10.1. The third-order valence-corrected chi connectivity index (χ3v) is 3.92. The summed E-state index contributed by atoms with van der Waals surface area (Å²) >= 11 is 0. The van der Waals surface area contributed by atoms with Crippen molar-refractivity contribution >= 4 is 5.91 Å². The van der Waals surface area contributed by atoms with E-state index in [1.54, 1.807) is 6.07 Å². The first-order valence-corrected chi connectivity index (χ1v) is 8.09. The van der Waals surface area contributed by atoms with Gasteiger partial charge in [-0.3, -0.25) is 4.79 Å². The highest BCUT2D eigenvalue weighted by atomic mass is 19.1. The summed E-state index contributed by atoms with van der Waals surface area (Å²) in [5.74, 6) is -1.97. The van der Waals surface area contributed by atoms with Crippen LogP contribution in [0.5, 0.6) is 23.1 Å². The number of nitrogens with zero attached hydrogens (tertiary/aromatic N) is 1. The Morgan fingerprint density at radius 1 is 1.00 bits per heavy atom. The summed E-state index contributed by atoms with van der Waals surface area (Å²) in [5, 5.41) is 0. The van der Waals surface area contributed by atoms with Crippen LogP contribution in [0, 0.1) is 11.6 Å². The minimum absolute atomic E-state index is 0.0182. The maximum atomic E-state index is 14.6. The van der Waals surface area contributed by atoms with E-state index in [9.17, 15) is 13.6 Å². The topological polar surface area (TPSA) is 83.7 Å². The lowest BCUT2D eigenvalue weighted by Gasteiger charge is -2.12. The van der Waals surface area contributed by atoms with E-state index in [2.05, 4.69) is 4.98 Å². The van der Waals surface area contributed by atoms with E-state index in [4.69, 9.17) is 19.9 Å². The van der Waals surface area contributed by atoms with Gasteiger partial charge in [-0.15, -0.1) is 0 Å². The number of aromatic nitrogens is 1. The number of hydrogen-bond donors (Lipinski definition) is 1. The smallest absolute Gasteiger partial charge is 0.254 e. The van der Waals surface area contributed by atoms with Gasteiger partial charge in [0.2, 0.25) is 5.88 Å². The fraction of sp³-hybridized carbons (Fsp3) is 0.100. The van der Waals surface area contributed by atoms with E-state index in [0.717, 1.165) is 6.07 Å². The Labute approximate surface area is 159 Å². The van der Waals surface area contributed by atoms with Crippen molar-refractivity contribution in [2.75, 3.05) is 14.2 Å². The number of carbonyl (C=O) groups is 1. The van der Waals surface area contributed by atoms with E-state index >= 15 is 0 Å². The van der Waals surface area contributed by atoms with Crippen LogP contribution in [-0.4, -0.2) is 25.1 Å². The summed E-state index contributed by atoms with van der Waals surface area (Å²) in [6.07, 6.45) is 0. The van der Waals surface area contributed by atoms with Crippen molar-refractivity contribution in [1.29, 1.82) is 0 Å². The zero-order chi connectivity index (χ0) is 20.3. The number of carbonyl (C=O) groups excluding carboxylic acids is 1. The quantitative estimate of drug-likeness (QED) is 0.694. The zero-order valence-electron chi connectivity index (χ0n) is 15.0. The molecule has 0 saturated heterocycles. The maximum absolute atomic E-state index is 14.6. The molecule has 28 heavy (non-hydrogen) atoms. The maximum Gasteiger partial charge on any atom is 0.254 e. The summed E-state index contributed by atoms with van der Waals surface area (Å²) in [7, 11) is 2.66. The minimum atomic E-state index is -0.783. The number of pyridine rings is 1. The molecule has 3 rings (SSSR count). The molecular formula is C20H16F2N2O4. The normalized spacial score (nSPS) is 10.4. The van der Waals surface area contributed by atoms with Crippen LogP contribution in [0.25, 0.3) is 11.3 Å². The number of hydrogen-bond acceptors (Lipinski definition) is 5. The van der Waals surface area contributed by atoms with E-state index in [0.29, 0.717) is 0 Å². The van der Waals surface area contributed by atoms with E-state index in [1.807, 2.05) is 0 Å². The Morgan fingerprint density at radius 2 is 1.75 bits per heavy atom. The first-order chi connectivity index (χ1) is 13.4. The van der Waals surface area contributed by atoms with Crippen LogP contribution in [0.3, 0.4) is 0 Å². The minimum Gasteiger partial charge on any atom is -0.494 e. The average Bonchev–Trinajstić information content (AvgIpc) is 2.69. The number of primary amides is 1. The van der Waals surface area contributed by atoms with Gasteiger partial charge in [-0.2, -0.15) is 0 Å². The van der Waals surface area contributed by atoms with Gasteiger partial charge in [-0.25, -0.2) is 13.8 Å². The molecule has 0 spiro atoms. The highest BCUT2D eigenvalue weighted by molar-refractivity contribution is 5.95. The second kappa shape index (κ2) is 7.91. The van der Waals surface area contributed by atoms with Gasteiger partial charge in [0.05, 0.1) is 19.9 Å². The van der Waals surface area contributed by atoms with Crippen LogP contribution >= 0.6 is 0 Å². The molecule has 0 bridgehead atoms. The number of methoxy groups -OCH3 is 2. The summed E-state index contributed by atoms with van der Waals surface area (Å²) in [6, 6.07) is 11.2. The van der Waals surface area contributed by atoms with Crippen molar-refractivity contribution in [3.05, 3.63) is 65.7 Å². The first kappa shape index (κ1) is 19.1. The molecular weight excluding hydrogens is 370 g/mol. The Bertz CT molecular complexity index is 1040. The van der Waals surface area contributed by atoms with Crippen LogP contribution < -0.4 is 19.9 Å². The molecule has 3 aromatic rings. The second-order valence-electron chi connectivity index (χ2n) is 5.63. The average molecular weight is 386 g/mol. The van der Waals surface area contributed by atoms with E-state index in [1.165, 1.54) is 50.6 Å². The Morgan fingerprint density at radius 3 is 2.43 bits per heavy atom. The summed E-state index contributed by atoms with van der Waals surface area (Å²) in [5.41, 5.74) is 5.71. The van der Waals surface area contributed by atoms with Crippen molar-refractivity contribution in [1.82, 2.24) is 4.98 Å².